The Hall–Kier alpha value is -0.430. The van der Waals surface area contributed by atoms with Gasteiger partial charge in [0.05, 0.1) is 23.8 Å². The molecule has 0 bridgehead atoms. The number of nitrogens with zero attached hydrogens (tertiary/aromatic N) is 3. The van der Waals surface area contributed by atoms with Crippen LogP contribution < -0.4 is 4.90 Å². The number of rotatable bonds is 4. The Morgan fingerprint density at radius 1 is 1.50 bits per heavy atom. The topological polar surface area (TPSA) is 58.5 Å². The zero-order chi connectivity index (χ0) is 13.0. The summed E-state index contributed by atoms with van der Waals surface area (Å²) in [4.78, 5) is 10.3. The average molecular weight is 337 g/mol. The Labute approximate surface area is 119 Å². The lowest BCUT2D eigenvalue weighted by Gasteiger charge is -2.33. The molecule has 0 radical (unpaired) electrons. The van der Waals surface area contributed by atoms with Gasteiger partial charge in [0.1, 0.15) is 5.82 Å². The van der Waals surface area contributed by atoms with Gasteiger partial charge in [-0.3, -0.25) is 0 Å². The molecule has 100 valence electrons. The summed E-state index contributed by atoms with van der Waals surface area (Å²) in [5, 5.41) is 8.98. The Bertz CT molecular complexity index is 400. The van der Waals surface area contributed by atoms with E-state index in [1.165, 1.54) is 0 Å². The Balaban J connectivity index is 1.94. The summed E-state index contributed by atoms with van der Waals surface area (Å²) in [6, 6.07) is 0. The average Bonchev–Trinajstić information content (AvgIpc) is 2.40. The molecule has 1 aliphatic rings. The van der Waals surface area contributed by atoms with E-state index in [2.05, 4.69) is 30.8 Å². The largest absolute Gasteiger partial charge is 0.394 e. The molecule has 0 spiro atoms. The van der Waals surface area contributed by atoms with Crippen LogP contribution in [-0.2, 0) is 4.74 Å². The molecule has 7 heteroatoms. The van der Waals surface area contributed by atoms with Crippen LogP contribution in [0, 0.1) is 0 Å². The number of halogens is 2. The van der Waals surface area contributed by atoms with E-state index in [9.17, 15) is 0 Å². The van der Waals surface area contributed by atoms with Crippen LogP contribution in [0.15, 0.2) is 10.7 Å². The van der Waals surface area contributed by atoms with Crippen LogP contribution in [0.3, 0.4) is 0 Å². The number of aliphatic hydroxyl groups is 1. The van der Waals surface area contributed by atoms with Crippen molar-refractivity contribution in [2.75, 3.05) is 31.2 Å². The fraction of sp³-hybridized carbons (Fsp3) is 0.636. The second-order valence-corrected chi connectivity index (χ2v) is 5.28. The third-order valence-electron chi connectivity index (χ3n) is 2.88. The van der Waals surface area contributed by atoms with Crippen molar-refractivity contribution in [2.24, 2.45) is 0 Å². The monoisotopic (exact) mass is 335 g/mol. The van der Waals surface area contributed by atoms with Gasteiger partial charge in [-0.25, -0.2) is 4.98 Å². The van der Waals surface area contributed by atoms with E-state index in [-0.39, 0.29) is 18.0 Å². The van der Waals surface area contributed by atoms with E-state index in [4.69, 9.17) is 21.4 Å². The molecular formula is C11H15BrClN3O2. The molecule has 1 fully saturated rings. The normalized spacial score (nSPS) is 17.2. The number of anilines is 1. The highest BCUT2D eigenvalue weighted by molar-refractivity contribution is 9.10. The van der Waals surface area contributed by atoms with Gasteiger partial charge in [-0.05, 0) is 40.4 Å². The van der Waals surface area contributed by atoms with Gasteiger partial charge in [-0.15, -0.1) is 0 Å². The third-order valence-corrected chi connectivity index (χ3v) is 3.62. The summed E-state index contributed by atoms with van der Waals surface area (Å²) in [5.74, 6) is 0.829. The predicted molar refractivity (Wildman–Crippen MR) is 73.0 cm³/mol. The van der Waals surface area contributed by atoms with Gasteiger partial charge in [0.15, 0.2) is 0 Å². The molecular weight excluding hydrogens is 321 g/mol. The molecule has 18 heavy (non-hydrogen) atoms. The van der Waals surface area contributed by atoms with Gasteiger partial charge in [0, 0.05) is 19.3 Å². The molecule has 1 saturated heterocycles. The molecule has 0 atom stereocenters. The predicted octanol–water partition coefficient (Wildman–Crippen LogP) is 1.87. The van der Waals surface area contributed by atoms with Gasteiger partial charge < -0.3 is 14.7 Å². The Kier molecular flexibility index (Phi) is 5.17. The first kappa shape index (κ1) is 14.0. The molecule has 1 N–H and O–H groups in total. The lowest BCUT2D eigenvalue weighted by atomic mass is 10.1. The van der Waals surface area contributed by atoms with Gasteiger partial charge >= 0.3 is 0 Å². The van der Waals surface area contributed by atoms with Gasteiger partial charge in [0.2, 0.25) is 5.28 Å². The number of piperidine rings is 1. The minimum atomic E-state index is 0.0767. The van der Waals surface area contributed by atoms with Gasteiger partial charge in [0.25, 0.3) is 0 Å². The molecule has 2 rings (SSSR count). The molecule has 0 unspecified atom stereocenters. The molecule has 0 amide bonds. The number of hydrogen-bond donors (Lipinski definition) is 1. The van der Waals surface area contributed by atoms with Crippen LogP contribution in [0.5, 0.6) is 0 Å². The van der Waals surface area contributed by atoms with E-state index < -0.39 is 0 Å². The highest BCUT2D eigenvalue weighted by Gasteiger charge is 2.22. The van der Waals surface area contributed by atoms with Crippen molar-refractivity contribution in [1.82, 2.24) is 9.97 Å². The number of aliphatic hydroxyl groups excluding tert-OH is 1. The number of aromatic nitrogens is 2. The van der Waals surface area contributed by atoms with Crippen molar-refractivity contribution >= 4 is 33.3 Å². The number of ether oxygens (including phenoxy) is 1. The molecule has 0 aliphatic carbocycles. The van der Waals surface area contributed by atoms with Crippen LogP contribution in [0.4, 0.5) is 5.82 Å². The SMILES string of the molecule is OCCOC1CCN(c2nc(Cl)ncc2Br)CC1. The highest BCUT2D eigenvalue weighted by atomic mass is 79.9. The van der Waals surface area contributed by atoms with Crippen molar-refractivity contribution in [3.8, 4) is 0 Å². The van der Waals surface area contributed by atoms with Crippen LogP contribution in [0.25, 0.3) is 0 Å². The second-order valence-electron chi connectivity index (χ2n) is 4.09. The maximum Gasteiger partial charge on any atom is 0.224 e. The minimum absolute atomic E-state index is 0.0767. The van der Waals surface area contributed by atoms with Crippen LogP contribution >= 0.6 is 27.5 Å². The number of hydrogen-bond acceptors (Lipinski definition) is 5. The Morgan fingerprint density at radius 3 is 2.89 bits per heavy atom. The van der Waals surface area contributed by atoms with Crippen molar-refractivity contribution in [3.05, 3.63) is 16.0 Å². The van der Waals surface area contributed by atoms with E-state index in [0.29, 0.717) is 6.61 Å². The molecule has 5 nitrogen and oxygen atoms in total. The summed E-state index contributed by atoms with van der Waals surface area (Å²) in [6.07, 6.45) is 3.74. The maximum absolute atomic E-state index is 8.72. The first-order chi connectivity index (χ1) is 8.70. The smallest absolute Gasteiger partial charge is 0.224 e. The molecule has 1 aliphatic heterocycles. The maximum atomic E-state index is 8.72. The summed E-state index contributed by atoms with van der Waals surface area (Å²) >= 11 is 9.24. The quantitative estimate of drug-likeness (QED) is 0.851. The van der Waals surface area contributed by atoms with Crippen molar-refractivity contribution in [2.45, 2.75) is 18.9 Å². The molecule has 1 aromatic rings. The first-order valence-corrected chi connectivity index (χ1v) is 7.03. The van der Waals surface area contributed by atoms with Gasteiger partial charge in [-0.1, -0.05) is 0 Å². The van der Waals surface area contributed by atoms with Crippen LogP contribution in [0.1, 0.15) is 12.8 Å². The molecule has 0 aromatic carbocycles. The lowest BCUT2D eigenvalue weighted by molar-refractivity contribution is 0.0158. The van der Waals surface area contributed by atoms with E-state index in [1.54, 1.807) is 6.20 Å². The van der Waals surface area contributed by atoms with E-state index >= 15 is 0 Å². The second kappa shape index (κ2) is 6.65. The fourth-order valence-electron chi connectivity index (χ4n) is 2.01. The molecule has 1 aromatic heterocycles. The zero-order valence-corrected chi connectivity index (χ0v) is 12.2. The summed E-state index contributed by atoms with van der Waals surface area (Å²) in [5.41, 5.74) is 0. The highest BCUT2D eigenvalue weighted by Crippen LogP contribution is 2.27. The summed E-state index contributed by atoms with van der Waals surface area (Å²) in [7, 11) is 0. The Morgan fingerprint density at radius 2 is 2.22 bits per heavy atom. The minimum Gasteiger partial charge on any atom is -0.394 e. The van der Waals surface area contributed by atoms with Gasteiger partial charge in [-0.2, -0.15) is 4.98 Å². The van der Waals surface area contributed by atoms with Crippen molar-refractivity contribution in [3.63, 3.8) is 0 Å². The standard InChI is InChI=1S/C11H15BrClN3O2/c12-9-7-14-11(13)15-10(9)16-3-1-8(2-4-16)18-6-5-17/h7-8,17H,1-6H2. The first-order valence-electron chi connectivity index (χ1n) is 5.86. The summed E-state index contributed by atoms with van der Waals surface area (Å²) < 4.78 is 6.37. The van der Waals surface area contributed by atoms with Crippen molar-refractivity contribution < 1.29 is 9.84 Å². The third kappa shape index (κ3) is 3.54. The zero-order valence-electron chi connectivity index (χ0n) is 9.85. The molecule has 2 heterocycles. The summed E-state index contributed by atoms with van der Waals surface area (Å²) in [6.45, 7) is 2.21. The van der Waals surface area contributed by atoms with Crippen molar-refractivity contribution in [1.29, 1.82) is 0 Å². The van der Waals surface area contributed by atoms with Crippen LogP contribution in [-0.4, -0.2) is 47.5 Å². The van der Waals surface area contributed by atoms with Crippen LogP contribution in [0.2, 0.25) is 5.28 Å². The fourth-order valence-corrected chi connectivity index (χ4v) is 2.58. The van der Waals surface area contributed by atoms with E-state index in [1.807, 2.05) is 0 Å². The molecule has 0 saturated carbocycles. The van der Waals surface area contributed by atoms with E-state index in [0.717, 1.165) is 36.2 Å². The lowest BCUT2D eigenvalue weighted by Crippen LogP contribution is -2.38.